The molecule has 2 aromatic heterocycles. The SMILES string of the molecule is Cc1ccc(C(=O)Nc2ccc(CN3CCN(C)CC3)c(C)c2)cc1C#Cc1cn(C(C)C)c2ncnc(N)c12. The highest BCUT2D eigenvalue weighted by Gasteiger charge is 2.16. The van der Waals surface area contributed by atoms with Gasteiger partial charge >= 0.3 is 0 Å². The zero-order valence-corrected chi connectivity index (χ0v) is 24.0. The number of nitrogens with one attached hydrogen (secondary N) is 1. The van der Waals surface area contributed by atoms with Crippen LogP contribution in [-0.4, -0.2) is 63.5 Å². The molecule has 0 atom stereocenters. The molecular weight excluding hydrogens is 498 g/mol. The van der Waals surface area contributed by atoms with Crippen molar-refractivity contribution in [3.63, 3.8) is 0 Å². The van der Waals surface area contributed by atoms with Crippen LogP contribution < -0.4 is 11.1 Å². The Kier molecular flexibility index (Phi) is 7.88. The Hall–Kier alpha value is -4.19. The Labute approximate surface area is 236 Å². The zero-order valence-electron chi connectivity index (χ0n) is 24.0. The van der Waals surface area contributed by atoms with Crippen molar-refractivity contribution in [2.24, 2.45) is 0 Å². The monoisotopic (exact) mass is 535 g/mol. The van der Waals surface area contributed by atoms with E-state index in [2.05, 4.69) is 76.9 Å². The van der Waals surface area contributed by atoms with Gasteiger partial charge < -0.3 is 20.5 Å². The minimum Gasteiger partial charge on any atom is -0.383 e. The van der Waals surface area contributed by atoms with Crippen LogP contribution in [0.25, 0.3) is 11.0 Å². The van der Waals surface area contributed by atoms with Gasteiger partial charge in [-0.2, -0.15) is 0 Å². The number of carbonyl (C=O) groups is 1. The first-order chi connectivity index (χ1) is 19.2. The van der Waals surface area contributed by atoms with Gasteiger partial charge in [0.15, 0.2) is 0 Å². The molecule has 3 N–H and O–H groups in total. The van der Waals surface area contributed by atoms with Gasteiger partial charge in [0.1, 0.15) is 17.8 Å². The third kappa shape index (κ3) is 5.86. The molecule has 1 aliphatic heterocycles. The standard InChI is InChI=1S/C32H37N7O/c1-21(2)39-19-27(29-30(33)34-20-35-31(29)39)9-8-24-17-25(7-6-22(24)3)32(40)36-28-11-10-26(23(4)16-28)18-38-14-12-37(5)13-15-38/h6-7,10-11,16-17,19-21H,12-15,18H2,1-5H3,(H,36,40)(H2,33,34,35). The molecule has 0 unspecified atom stereocenters. The van der Waals surface area contributed by atoms with Crippen LogP contribution in [0.3, 0.4) is 0 Å². The minimum atomic E-state index is -0.164. The number of hydrogen-bond acceptors (Lipinski definition) is 6. The molecule has 206 valence electrons. The van der Waals surface area contributed by atoms with Crippen molar-refractivity contribution in [2.45, 2.75) is 40.3 Å². The maximum absolute atomic E-state index is 13.2. The third-order valence-corrected chi connectivity index (χ3v) is 7.62. The number of hydrogen-bond donors (Lipinski definition) is 2. The molecule has 5 rings (SSSR count). The van der Waals surface area contributed by atoms with Gasteiger partial charge in [0, 0.05) is 61.8 Å². The van der Waals surface area contributed by atoms with Crippen LogP contribution >= 0.6 is 0 Å². The largest absolute Gasteiger partial charge is 0.383 e. The van der Waals surface area contributed by atoms with Gasteiger partial charge in [0.25, 0.3) is 5.91 Å². The predicted octanol–water partition coefficient (Wildman–Crippen LogP) is 4.61. The number of likely N-dealkylation sites (N-methyl/N-ethyl adjacent to an activating group) is 1. The van der Waals surface area contributed by atoms with Crippen LogP contribution in [0.15, 0.2) is 48.9 Å². The first-order valence-electron chi connectivity index (χ1n) is 13.7. The van der Waals surface area contributed by atoms with Crippen molar-refractivity contribution in [3.8, 4) is 11.8 Å². The summed E-state index contributed by atoms with van der Waals surface area (Å²) in [6.45, 7) is 13.6. The average Bonchev–Trinajstić information content (AvgIpc) is 3.31. The molecule has 8 heteroatoms. The van der Waals surface area contributed by atoms with Gasteiger partial charge in [-0.1, -0.05) is 24.0 Å². The van der Waals surface area contributed by atoms with E-state index in [1.54, 1.807) is 0 Å². The summed E-state index contributed by atoms with van der Waals surface area (Å²) in [6.07, 6.45) is 3.44. The quantitative estimate of drug-likeness (QED) is 0.363. The molecule has 2 aromatic carbocycles. The lowest BCUT2D eigenvalue weighted by Crippen LogP contribution is -2.43. The van der Waals surface area contributed by atoms with Gasteiger partial charge in [-0.25, -0.2) is 9.97 Å². The summed E-state index contributed by atoms with van der Waals surface area (Å²) in [6, 6.07) is 12.0. The van der Waals surface area contributed by atoms with Crippen molar-refractivity contribution in [1.29, 1.82) is 0 Å². The molecule has 0 spiro atoms. The van der Waals surface area contributed by atoms with Crippen molar-refractivity contribution in [3.05, 3.63) is 82.3 Å². The molecule has 0 aliphatic carbocycles. The molecular formula is C32H37N7O. The second-order valence-electron chi connectivity index (χ2n) is 11.0. The molecule has 1 amide bonds. The van der Waals surface area contributed by atoms with Crippen LogP contribution in [0.2, 0.25) is 0 Å². The van der Waals surface area contributed by atoms with Gasteiger partial charge in [0.2, 0.25) is 0 Å². The second-order valence-corrected chi connectivity index (χ2v) is 11.0. The van der Waals surface area contributed by atoms with E-state index in [-0.39, 0.29) is 11.9 Å². The second kappa shape index (κ2) is 11.5. The van der Waals surface area contributed by atoms with E-state index in [0.717, 1.165) is 66.1 Å². The summed E-state index contributed by atoms with van der Waals surface area (Å²) in [5.41, 5.74) is 13.3. The lowest BCUT2D eigenvalue weighted by molar-refractivity contribution is 0.102. The predicted molar refractivity (Wildman–Crippen MR) is 161 cm³/mol. The number of nitrogen functional groups attached to an aromatic ring is 1. The van der Waals surface area contributed by atoms with Crippen molar-refractivity contribution < 1.29 is 4.79 Å². The highest BCUT2D eigenvalue weighted by Crippen LogP contribution is 2.26. The number of anilines is 2. The van der Waals surface area contributed by atoms with Crippen LogP contribution in [0.1, 0.15) is 58.1 Å². The van der Waals surface area contributed by atoms with Crippen molar-refractivity contribution >= 4 is 28.4 Å². The lowest BCUT2D eigenvalue weighted by Gasteiger charge is -2.32. The van der Waals surface area contributed by atoms with Crippen LogP contribution in [0, 0.1) is 25.7 Å². The maximum atomic E-state index is 13.2. The number of aryl methyl sites for hydroxylation is 2. The summed E-state index contributed by atoms with van der Waals surface area (Å²) in [7, 11) is 2.17. The summed E-state index contributed by atoms with van der Waals surface area (Å²) in [5, 5.41) is 3.81. The number of fused-ring (bicyclic) bond motifs is 1. The topological polar surface area (TPSA) is 92.3 Å². The fourth-order valence-corrected chi connectivity index (χ4v) is 5.03. The Morgan fingerprint density at radius 1 is 1.00 bits per heavy atom. The smallest absolute Gasteiger partial charge is 0.255 e. The van der Waals surface area contributed by atoms with E-state index >= 15 is 0 Å². The zero-order chi connectivity index (χ0) is 28.4. The van der Waals surface area contributed by atoms with E-state index in [0.29, 0.717) is 11.4 Å². The van der Waals surface area contributed by atoms with Crippen LogP contribution in [0.5, 0.6) is 0 Å². The van der Waals surface area contributed by atoms with Crippen molar-refractivity contribution in [1.82, 2.24) is 24.3 Å². The normalized spacial score (nSPS) is 14.3. The Morgan fingerprint density at radius 3 is 2.48 bits per heavy atom. The highest BCUT2D eigenvalue weighted by atomic mass is 16.1. The molecule has 3 heterocycles. The fourth-order valence-electron chi connectivity index (χ4n) is 5.03. The van der Waals surface area contributed by atoms with Gasteiger partial charge in [0.05, 0.1) is 10.9 Å². The van der Waals surface area contributed by atoms with Crippen LogP contribution in [0.4, 0.5) is 11.5 Å². The number of piperazine rings is 1. The third-order valence-electron chi connectivity index (χ3n) is 7.62. The van der Waals surface area contributed by atoms with Crippen molar-refractivity contribution in [2.75, 3.05) is 44.3 Å². The number of aromatic nitrogens is 3. The molecule has 0 saturated carbocycles. The molecule has 1 fully saturated rings. The molecule has 0 radical (unpaired) electrons. The Morgan fingerprint density at radius 2 is 1.75 bits per heavy atom. The van der Waals surface area contributed by atoms with E-state index in [1.165, 1.54) is 17.5 Å². The average molecular weight is 536 g/mol. The number of benzene rings is 2. The number of nitrogens with two attached hydrogens (primary N) is 1. The lowest BCUT2D eigenvalue weighted by atomic mass is 10.0. The maximum Gasteiger partial charge on any atom is 0.255 e. The number of amides is 1. The molecule has 40 heavy (non-hydrogen) atoms. The Balaban J connectivity index is 1.34. The minimum absolute atomic E-state index is 0.164. The molecule has 0 bridgehead atoms. The molecule has 8 nitrogen and oxygen atoms in total. The van der Waals surface area contributed by atoms with E-state index in [9.17, 15) is 4.79 Å². The first-order valence-corrected chi connectivity index (χ1v) is 13.7. The fraction of sp³-hybridized carbons (Fsp3) is 0.344. The summed E-state index contributed by atoms with van der Waals surface area (Å²) in [4.78, 5) is 26.6. The molecule has 1 saturated heterocycles. The highest BCUT2D eigenvalue weighted by molar-refractivity contribution is 6.04. The number of rotatable bonds is 5. The molecule has 1 aliphatic rings. The van der Waals surface area contributed by atoms with Gasteiger partial charge in [-0.3, -0.25) is 9.69 Å². The van der Waals surface area contributed by atoms with Gasteiger partial charge in [-0.15, -0.1) is 0 Å². The van der Waals surface area contributed by atoms with Gasteiger partial charge in [-0.05, 0) is 75.7 Å². The summed E-state index contributed by atoms with van der Waals surface area (Å²) >= 11 is 0. The summed E-state index contributed by atoms with van der Waals surface area (Å²) in [5.74, 6) is 6.76. The van der Waals surface area contributed by atoms with E-state index in [1.807, 2.05) is 42.0 Å². The Bertz CT molecular complexity index is 1620. The summed E-state index contributed by atoms with van der Waals surface area (Å²) < 4.78 is 2.05. The number of nitrogens with zero attached hydrogens (tertiary/aromatic N) is 5. The van der Waals surface area contributed by atoms with Crippen LogP contribution in [-0.2, 0) is 6.54 Å². The van der Waals surface area contributed by atoms with E-state index < -0.39 is 0 Å². The first kappa shape index (κ1) is 27.4. The van der Waals surface area contributed by atoms with E-state index in [4.69, 9.17) is 5.73 Å². The molecule has 4 aromatic rings. The number of carbonyl (C=O) groups excluding carboxylic acids is 1.